The van der Waals surface area contributed by atoms with Gasteiger partial charge in [0.15, 0.2) is 0 Å². The maximum atomic E-state index is 11.7. The molecule has 0 spiro atoms. The molecule has 0 saturated carbocycles. The highest BCUT2D eigenvalue weighted by Gasteiger charge is 2.25. The highest BCUT2D eigenvalue weighted by Crippen LogP contribution is 2.26. The first-order valence-corrected chi connectivity index (χ1v) is 7.60. The molecule has 0 radical (unpaired) electrons. The standard InChI is InChI=1S/C14H20N6O3/c15-14(22)18-12(21)8-19-2-1-11-10(7-19)13(17-9-16-11)20-3-5-23-6-4-20/h9H,1-8H2,(H3,15,18,21,22). The van der Waals surface area contributed by atoms with E-state index in [4.69, 9.17) is 10.5 Å². The number of hydrogen-bond donors (Lipinski definition) is 2. The molecule has 2 aliphatic heterocycles. The summed E-state index contributed by atoms with van der Waals surface area (Å²) in [4.78, 5) is 35.4. The Bertz CT molecular complexity index is 602. The minimum Gasteiger partial charge on any atom is -0.378 e. The number of aromatic nitrogens is 2. The van der Waals surface area contributed by atoms with Crippen molar-refractivity contribution >= 4 is 17.8 Å². The number of imide groups is 1. The predicted octanol–water partition coefficient (Wildman–Crippen LogP) is -1.13. The van der Waals surface area contributed by atoms with Crippen molar-refractivity contribution in [2.24, 2.45) is 5.73 Å². The molecule has 3 rings (SSSR count). The Balaban J connectivity index is 1.73. The van der Waals surface area contributed by atoms with Crippen molar-refractivity contribution in [1.82, 2.24) is 20.2 Å². The summed E-state index contributed by atoms with van der Waals surface area (Å²) in [6.45, 7) is 4.37. The fraction of sp³-hybridized carbons (Fsp3) is 0.571. The van der Waals surface area contributed by atoms with Gasteiger partial charge in [0.2, 0.25) is 5.91 Å². The molecule has 0 unspecified atom stereocenters. The largest absolute Gasteiger partial charge is 0.378 e. The number of nitrogens with two attached hydrogens (primary N) is 1. The van der Waals surface area contributed by atoms with E-state index in [2.05, 4.69) is 20.2 Å². The van der Waals surface area contributed by atoms with Gasteiger partial charge in [-0.3, -0.25) is 15.0 Å². The van der Waals surface area contributed by atoms with E-state index in [0.29, 0.717) is 26.3 Å². The molecule has 0 bridgehead atoms. The molecule has 0 aliphatic carbocycles. The number of primary amides is 1. The number of amides is 3. The summed E-state index contributed by atoms with van der Waals surface area (Å²) in [5.41, 5.74) is 7.04. The Morgan fingerprint density at radius 3 is 2.78 bits per heavy atom. The lowest BCUT2D eigenvalue weighted by atomic mass is 10.1. The lowest BCUT2D eigenvalue weighted by molar-refractivity contribution is -0.121. The van der Waals surface area contributed by atoms with Crippen LogP contribution in [-0.2, 0) is 22.5 Å². The summed E-state index contributed by atoms with van der Waals surface area (Å²) in [6, 6.07) is -0.829. The number of urea groups is 1. The number of carbonyl (C=O) groups excluding carboxylic acids is 2. The zero-order valence-corrected chi connectivity index (χ0v) is 12.8. The normalized spacial score (nSPS) is 18.3. The number of fused-ring (bicyclic) bond motifs is 1. The first-order valence-electron chi connectivity index (χ1n) is 7.60. The molecule has 9 heteroatoms. The first-order chi connectivity index (χ1) is 11.1. The van der Waals surface area contributed by atoms with E-state index in [1.54, 1.807) is 6.33 Å². The summed E-state index contributed by atoms with van der Waals surface area (Å²) in [6.07, 6.45) is 2.35. The van der Waals surface area contributed by atoms with Crippen LogP contribution in [0.4, 0.5) is 10.6 Å². The smallest absolute Gasteiger partial charge is 0.318 e. The van der Waals surface area contributed by atoms with Gasteiger partial charge >= 0.3 is 6.03 Å². The molecule has 0 aromatic carbocycles. The molecular weight excluding hydrogens is 300 g/mol. The summed E-state index contributed by atoms with van der Waals surface area (Å²) in [5, 5.41) is 2.09. The van der Waals surface area contributed by atoms with Gasteiger partial charge in [0, 0.05) is 38.2 Å². The minimum atomic E-state index is -0.829. The molecule has 3 amide bonds. The molecule has 2 aliphatic rings. The van der Waals surface area contributed by atoms with Crippen LogP contribution in [0.5, 0.6) is 0 Å². The van der Waals surface area contributed by atoms with Gasteiger partial charge in [0.25, 0.3) is 0 Å². The second kappa shape index (κ2) is 6.88. The summed E-state index contributed by atoms with van der Waals surface area (Å²) in [5.74, 6) is 0.518. The molecule has 124 valence electrons. The molecule has 3 heterocycles. The number of carbonyl (C=O) groups is 2. The van der Waals surface area contributed by atoms with Crippen LogP contribution in [0.25, 0.3) is 0 Å². The topological polar surface area (TPSA) is 114 Å². The van der Waals surface area contributed by atoms with Gasteiger partial charge in [-0.1, -0.05) is 0 Å². The van der Waals surface area contributed by atoms with Crippen LogP contribution in [0, 0.1) is 0 Å². The van der Waals surface area contributed by atoms with Crippen LogP contribution in [0.2, 0.25) is 0 Å². The monoisotopic (exact) mass is 320 g/mol. The Hall–Kier alpha value is -2.26. The number of hydrogen-bond acceptors (Lipinski definition) is 7. The van der Waals surface area contributed by atoms with Gasteiger partial charge in [0.05, 0.1) is 25.5 Å². The van der Waals surface area contributed by atoms with Crippen LogP contribution in [0.3, 0.4) is 0 Å². The van der Waals surface area contributed by atoms with Gasteiger partial charge in [-0.15, -0.1) is 0 Å². The number of nitrogens with zero attached hydrogens (tertiary/aromatic N) is 4. The molecule has 23 heavy (non-hydrogen) atoms. The lowest BCUT2D eigenvalue weighted by Crippen LogP contribution is -2.44. The third-order valence-corrected chi connectivity index (χ3v) is 4.00. The number of rotatable bonds is 3. The molecular formula is C14H20N6O3. The molecule has 0 atom stereocenters. The van der Waals surface area contributed by atoms with Crippen molar-refractivity contribution in [3.05, 3.63) is 17.6 Å². The molecule has 1 aromatic rings. The van der Waals surface area contributed by atoms with Crippen LogP contribution in [-0.4, -0.2) is 66.2 Å². The third kappa shape index (κ3) is 3.74. The highest BCUT2D eigenvalue weighted by molar-refractivity contribution is 5.94. The van der Waals surface area contributed by atoms with Crippen LogP contribution < -0.4 is 16.0 Å². The molecule has 1 fully saturated rings. The van der Waals surface area contributed by atoms with Crippen molar-refractivity contribution in [3.8, 4) is 0 Å². The van der Waals surface area contributed by atoms with E-state index in [9.17, 15) is 9.59 Å². The Kier molecular flexibility index (Phi) is 4.68. The average Bonchev–Trinajstić information content (AvgIpc) is 2.54. The number of anilines is 1. The first kappa shape index (κ1) is 15.6. The average molecular weight is 320 g/mol. The summed E-state index contributed by atoms with van der Waals surface area (Å²) < 4.78 is 5.38. The summed E-state index contributed by atoms with van der Waals surface area (Å²) in [7, 11) is 0. The third-order valence-electron chi connectivity index (χ3n) is 4.00. The van der Waals surface area contributed by atoms with Gasteiger partial charge in [0.1, 0.15) is 12.1 Å². The van der Waals surface area contributed by atoms with Crippen molar-refractivity contribution < 1.29 is 14.3 Å². The van der Waals surface area contributed by atoms with Crippen LogP contribution in [0.15, 0.2) is 6.33 Å². The minimum absolute atomic E-state index is 0.125. The second-order valence-corrected chi connectivity index (χ2v) is 5.60. The maximum absolute atomic E-state index is 11.7. The van der Waals surface area contributed by atoms with Crippen LogP contribution >= 0.6 is 0 Å². The number of ether oxygens (including phenoxy) is 1. The Morgan fingerprint density at radius 1 is 1.26 bits per heavy atom. The lowest BCUT2D eigenvalue weighted by Gasteiger charge is -2.33. The van der Waals surface area contributed by atoms with E-state index in [1.807, 2.05) is 4.90 Å². The van der Waals surface area contributed by atoms with Crippen LogP contribution in [0.1, 0.15) is 11.3 Å². The van der Waals surface area contributed by atoms with Crippen molar-refractivity contribution in [2.45, 2.75) is 13.0 Å². The van der Waals surface area contributed by atoms with E-state index in [1.165, 1.54) is 0 Å². The van der Waals surface area contributed by atoms with Gasteiger partial charge in [-0.05, 0) is 0 Å². The maximum Gasteiger partial charge on any atom is 0.318 e. The molecule has 9 nitrogen and oxygen atoms in total. The van der Waals surface area contributed by atoms with Crippen molar-refractivity contribution in [2.75, 3.05) is 44.3 Å². The zero-order valence-electron chi connectivity index (χ0n) is 12.8. The SMILES string of the molecule is NC(=O)NC(=O)CN1CCc2ncnc(N3CCOCC3)c2C1. The zero-order chi connectivity index (χ0) is 16.2. The Morgan fingerprint density at radius 2 is 2.04 bits per heavy atom. The number of morpholine rings is 1. The molecule has 1 aromatic heterocycles. The van der Waals surface area contributed by atoms with Gasteiger partial charge in [-0.25, -0.2) is 14.8 Å². The van der Waals surface area contributed by atoms with Gasteiger partial charge in [-0.2, -0.15) is 0 Å². The second-order valence-electron chi connectivity index (χ2n) is 5.60. The van der Waals surface area contributed by atoms with Gasteiger partial charge < -0.3 is 15.4 Å². The van der Waals surface area contributed by atoms with E-state index < -0.39 is 11.9 Å². The van der Waals surface area contributed by atoms with E-state index in [0.717, 1.165) is 36.6 Å². The Labute approximate surface area is 133 Å². The molecule has 3 N–H and O–H groups in total. The number of nitrogens with one attached hydrogen (secondary N) is 1. The quantitative estimate of drug-likeness (QED) is 0.724. The summed E-state index contributed by atoms with van der Waals surface area (Å²) >= 11 is 0. The van der Waals surface area contributed by atoms with E-state index >= 15 is 0 Å². The highest BCUT2D eigenvalue weighted by atomic mass is 16.5. The van der Waals surface area contributed by atoms with Crippen molar-refractivity contribution in [3.63, 3.8) is 0 Å². The molecule has 1 saturated heterocycles. The van der Waals surface area contributed by atoms with Crippen molar-refractivity contribution in [1.29, 1.82) is 0 Å². The van der Waals surface area contributed by atoms with E-state index in [-0.39, 0.29) is 6.54 Å². The predicted molar refractivity (Wildman–Crippen MR) is 81.8 cm³/mol. The fourth-order valence-electron chi connectivity index (χ4n) is 2.94. The fourth-order valence-corrected chi connectivity index (χ4v) is 2.94.